The van der Waals surface area contributed by atoms with Gasteiger partial charge in [-0.2, -0.15) is 0 Å². The second-order valence-electron chi connectivity index (χ2n) is 7.27. The maximum atomic E-state index is 12.4. The molecule has 12 nitrogen and oxygen atoms in total. The second-order valence-corrected chi connectivity index (χ2v) is 7.27. The van der Waals surface area contributed by atoms with Crippen molar-refractivity contribution in [2.45, 2.75) is 78.2 Å². The van der Waals surface area contributed by atoms with E-state index < -0.39 is 43.0 Å². The number of aliphatic imine (C=N–C) groups is 1. The van der Waals surface area contributed by atoms with Crippen LogP contribution in [0.15, 0.2) is 16.6 Å². The molecule has 0 fully saturated rings. The van der Waals surface area contributed by atoms with Gasteiger partial charge in [-0.15, -0.1) is 0 Å². The fourth-order valence-electron chi connectivity index (χ4n) is 3.20. The molecule has 0 radical (unpaired) electrons. The maximum absolute atomic E-state index is 12.4. The average Bonchev–Trinajstić information content (AvgIpc) is 2.73. The van der Waals surface area contributed by atoms with Gasteiger partial charge in [0.05, 0.1) is 30.9 Å². The Morgan fingerprint density at radius 1 is 1.12 bits per heavy atom. The number of guanidine groups is 1. The van der Waals surface area contributed by atoms with Gasteiger partial charge in [-0.1, -0.05) is 13.8 Å². The van der Waals surface area contributed by atoms with Crippen LogP contribution in [-0.4, -0.2) is 67.6 Å². The molecular weight excluding hydrogens is 436 g/mol. The van der Waals surface area contributed by atoms with E-state index in [4.69, 9.17) is 15.2 Å². The minimum Gasteiger partial charge on any atom is -0.463 e. The lowest BCUT2D eigenvalue weighted by atomic mass is 9.88. The summed E-state index contributed by atoms with van der Waals surface area (Å²) >= 11 is 0. The first-order valence-corrected chi connectivity index (χ1v) is 10.8. The van der Waals surface area contributed by atoms with Crippen molar-refractivity contribution in [3.8, 4) is 0 Å². The highest BCUT2D eigenvalue weighted by atomic mass is 16.7. The summed E-state index contributed by atoms with van der Waals surface area (Å²) in [5.74, 6) is -1.77. The number of esters is 2. The third kappa shape index (κ3) is 9.89. The lowest BCUT2D eigenvalue weighted by Crippen LogP contribution is -2.54. The van der Waals surface area contributed by atoms with Crippen LogP contribution in [0, 0.1) is 0 Å². The number of nitrogens with zero attached hydrogens (tertiary/aromatic N) is 1. The average molecular weight is 471 g/mol. The van der Waals surface area contributed by atoms with E-state index in [0.29, 0.717) is 5.57 Å². The third-order valence-corrected chi connectivity index (χ3v) is 4.72. The molecule has 1 rings (SSSR count). The zero-order chi connectivity index (χ0) is 25.0. The fourth-order valence-corrected chi connectivity index (χ4v) is 3.20. The van der Waals surface area contributed by atoms with Gasteiger partial charge in [0.1, 0.15) is 0 Å². The van der Waals surface area contributed by atoms with Gasteiger partial charge in [-0.05, 0) is 25.8 Å². The summed E-state index contributed by atoms with van der Waals surface area (Å²) in [6, 6.07) is -1.40. The molecule has 0 heterocycles. The molecule has 0 spiro atoms. The molecule has 0 aromatic rings. The number of rotatable bonds is 10. The monoisotopic (exact) mass is 470 g/mol. The molecule has 0 bridgehead atoms. The Kier molecular flexibility index (Phi) is 11.9. The summed E-state index contributed by atoms with van der Waals surface area (Å²) in [5.41, 5.74) is 6.18. The van der Waals surface area contributed by atoms with Crippen molar-refractivity contribution in [2.24, 2.45) is 10.7 Å². The van der Waals surface area contributed by atoms with Crippen molar-refractivity contribution in [1.82, 2.24) is 10.6 Å². The van der Waals surface area contributed by atoms with Crippen molar-refractivity contribution in [3.63, 3.8) is 0 Å². The Hall–Kier alpha value is -3.15. The second kappa shape index (κ2) is 14.1. The fraction of sp³-hybridized carbons (Fsp3) is 0.667. The van der Waals surface area contributed by atoms with Gasteiger partial charge < -0.3 is 30.0 Å². The highest BCUT2D eigenvalue weighted by Crippen LogP contribution is 2.27. The van der Waals surface area contributed by atoms with E-state index in [1.165, 1.54) is 6.92 Å². The zero-order valence-electron chi connectivity index (χ0n) is 19.7. The van der Waals surface area contributed by atoms with Crippen molar-refractivity contribution in [2.75, 3.05) is 13.4 Å². The Labute approximate surface area is 193 Å². The number of nitrogens with two attached hydrogens (primary N) is 1. The summed E-state index contributed by atoms with van der Waals surface area (Å²) < 4.78 is 20.5. The van der Waals surface area contributed by atoms with Crippen LogP contribution >= 0.6 is 0 Å². The van der Waals surface area contributed by atoms with Crippen LogP contribution in [0.2, 0.25) is 0 Å². The van der Waals surface area contributed by atoms with Crippen LogP contribution in [0.1, 0.15) is 53.9 Å². The van der Waals surface area contributed by atoms with Crippen LogP contribution in [0.3, 0.4) is 0 Å². The number of amides is 2. The number of ether oxygens (including phenoxy) is 4. The van der Waals surface area contributed by atoms with Gasteiger partial charge in [-0.25, -0.2) is 14.6 Å². The smallest absolute Gasteiger partial charge is 0.416 e. The SMILES string of the molecule is CCOC(=O)C1=C[C@@H](OC(CC)CC)[C@H](NC(C)=O)[C@@H](N=C(N)NC(=O)OCOC(C)=O)C1. The number of carbonyl (C=O) groups is 4. The number of carbonyl (C=O) groups excluding carboxylic acids is 4. The van der Waals surface area contributed by atoms with Crippen LogP contribution in [0.5, 0.6) is 0 Å². The van der Waals surface area contributed by atoms with Gasteiger partial charge in [0.25, 0.3) is 0 Å². The highest BCUT2D eigenvalue weighted by Gasteiger charge is 2.38. The van der Waals surface area contributed by atoms with Crippen LogP contribution in [0.25, 0.3) is 0 Å². The Bertz CT molecular complexity index is 763. The first-order valence-electron chi connectivity index (χ1n) is 10.8. The third-order valence-electron chi connectivity index (χ3n) is 4.72. The molecule has 3 atom stereocenters. The molecular formula is C21H34N4O8. The first kappa shape index (κ1) is 27.9. The molecule has 0 aliphatic heterocycles. The Balaban J connectivity index is 3.15. The summed E-state index contributed by atoms with van der Waals surface area (Å²) in [5, 5.41) is 5.02. The van der Waals surface area contributed by atoms with Gasteiger partial charge in [0.15, 0.2) is 5.96 Å². The first-order chi connectivity index (χ1) is 15.6. The van der Waals surface area contributed by atoms with Crippen LogP contribution < -0.4 is 16.4 Å². The molecule has 4 N–H and O–H groups in total. The van der Waals surface area contributed by atoms with E-state index >= 15 is 0 Å². The van der Waals surface area contributed by atoms with E-state index in [1.807, 2.05) is 13.8 Å². The summed E-state index contributed by atoms with van der Waals surface area (Å²) in [6.07, 6.45) is 1.42. The van der Waals surface area contributed by atoms with E-state index in [1.54, 1.807) is 13.0 Å². The van der Waals surface area contributed by atoms with Gasteiger partial charge in [-0.3, -0.25) is 14.9 Å². The minimum atomic E-state index is -0.990. The van der Waals surface area contributed by atoms with Gasteiger partial charge in [0.2, 0.25) is 12.7 Å². The minimum absolute atomic E-state index is 0.0947. The molecule has 0 aromatic heterocycles. The molecule has 33 heavy (non-hydrogen) atoms. The van der Waals surface area contributed by atoms with Crippen LogP contribution in [0.4, 0.5) is 4.79 Å². The number of hydrogen-bond acceptors (Lipinski definition) is 9. The molecule has 0 unspecified atom stereocenters. The zero-order valence-corrected chi connectivity index (χ0v) is 19.7. The predicted molar refractivity (Wildman–Crippen MR) is 118 cm³/mol. The molecule has 0 saturated heterocycles. The quantitative estimate of drug-likeness (QED) is 0.182. The van der Waals surface area contributed by atoms with Crippen molar-refractivity contribution >= 4 is 29.9 Å². The largest absolute Gasteiger partial charge is 0.463 e. The summed E-state index contributed by atoms with van der Waals surface area (Å²) in [7, 11) is 0. The van der Waals surface area contributed by atoms with E-state index in [2.05, 4.69) is 25.1 Å². The number of alkyl carbamates (subject to hydrolysis) is 1. The van der Waals surface area contributed by atoms with Crippen LogP contribution in [-0.2, 0) is 33.3 Å². The molecule has 0 saturated carbocycles. The highest BCUT2D eigenvalue weighted by molar-refractivity contribution is 5.93. The van der Waals surface area contributed by atoms with Crippen molar-refractivity contribution in [3.05, 3.63) is 11.6 Å². The lowest BCUT2D eigenvalue weighted by molar-refractivity contribution is -0.149. The maximum Gasteiger partial charge on any atom is 0.416 e. The molecule has 1 aliphatic carbocycles. The van der Waals surface area contributed by atoms with Crippen molar-refractivity contribution < 1.29 is 38.1 Å². The molecule has 1 aliphatic rings. The van der Waals surface area contributed by atoms with Crippen molar-refractivity contribution in [1.29, 1.82) is 0 Å². The number of nitrogens with one attached hydrogen (secondary N) is 2. The van der Waals surface area contributed by atoms with Gasteiger partial charge in [0, 0.05) is 25.8 Å². The topological polar surface area (TPSA) is 168 Å². The van der Waals surface area contributed by atoms with E-state index in [-0.39, 0.29) is 31.0 Å². The lowest BCUT2D eigenvalue weighted by Gasteiger charge is -2.36. The van der Waals surface area contributed by atoms with Gasteiger partial charge >= 0.3 is 18.0 Å². The molecule has 186 valence electrons. The predicted octanol–water partition coefficient (Wildman–Crippen LogP) is 0.888. The standard InChI is InChI=1S/C21H34N4O8/c1-6-15(7-2)33-17-10-14(19(28)30-8-3)9-16(18(17)23-12(4)26)24-20(22)25-21(29)32-11-31-13(5)27/h10,15-18H,6-9,11H2,1-5H3,(H,23,26)(H3,22,24,25,29)/t16-,17+,18+/m0/s1. The normalized spacial score (nSPS) is 20.5. The molecule has 12 heteroatoms. The summed E-state index contributed by atoms with van der Waals surface area (Å²) in [6.45, 7) is 7.75. The van der Waals surface area contributed by atoms with E-state index in [9.17, 15) is 19.2 Å². The summed E-state index contributed by atoms with van der Waals surface area (Å²) in [4.78, 5) is 51.2. The number of hydrogen-bond donors (Lipinski definition) is 3. The van der Waals surface area contributed by atoms with E-state index in [0.717, 1.165) is 19.8 Å². The Morgan fingerprint density at radius 2 is 1.79 bits per heavy atom. The molecule has 0 aromatic carbocycles. The molecule has 2 amide bonds. The Morgan fingerprint density at radius 3 is 2.33 bits per heavy atom.